The molecule has 0 N–H and O–H groups in total. The molecule has 0 aromatic carbocycles. The third kappa shape index (κ3) is 2.95. The van der Waals surface area contributed by atoms with E-state index in [4.69, 9.17) is 11.6 Å². The van der Waals surface area contributed by atoms with Crippen molar-refractivity contribution in [1.82, 2.24) is 19.5 Å². The number of nitrogens with zero attached hydrogens (tertiary/aromatic N) is 4. The number of imidazole rings is 1. The standard InChI is InChI=1S/C14H19ClN4/c1-4-6-11-17-13(15)10(3)14(18-11)19-9-8-16-12(19)7-5-2/h8-9H,4-7H2,1-3H3. The van der Waals surface area contributed by atoms with Gasteiger partial charge in [0.05, 0.1) is 0 Å². The molecule has 0 unspecified atom stereocenters. The summed E-state index contributed by atoms with van der Waals surface area (Å²) >= 11 is 6.22. The van der Waals surface area contributed by atoms with Crippen LogP contribution in [0.5, 0.6) is 0 Å². The Balaban J connectivity index is 2.50. The molecule has 2 aromatic heterocycles. The number of hydrogen-bond acceptors (Lipinski definition) is 3. The third-order valence-electron chi connectivity index (χ3n) is 3.00. The zero-order chi connectivity index (χ0) is 13.8. The number of hydrogen-bond donors (Lipinski definition) is 0. The maximum atomic E-state index is 6.22. The molecule has 5 heteroatoms. The highest BCUT2D eigenvalue weighted by molar-refractivity contribution is 6.30. The fraction of sp³-hybridized carbons (Fsp3) is 0.500. The molecule has 2 rings (SSSR count). The summed E-state index contributed by atoms with van der Waals surface area (Å²) in [5, 5.41) is 0.532. The zero-order valence-electron chi connectivity index (χ0n) is 11.6. The van der Waals surface area contributed by atoms with Crippen molar-refractivity contribution in [2.24, 2.45) is 0 Å². The maximum Gasteiger partial charge on any atom is 0.146 e. The van der Waals surface area contributed by atoms with Crippen molar-refractivity contribution in [3.63, 3.8) is 0 Å². The van der Waals surface area contributed by atoms with E-state index in [1.165, 1.54) is 0 Å². The van der Waals surface area contributed by atoms with Crippen LogP contribution in [0.3, 0.4) is 0 Å². The molecule has 0 fully saturated rings. The highest BCUT2D eigenvalue weighted by Crippen LogP contribution is 2.21. The second-order valence-corrected chi connectivity index (χ2v) is 4.95. The van der Waals surface area contributed by atoms with Gasteiger partial charge in [-0.3, -0.25) is 4.57 Å². The quantitative estimate of drug-likeness (QED) is 0.786. The molecule has 0 aliphatic carbocycles. The van der Waals surface area contributed by atoms with E-state index in [1.807, 2.05) is 17.7 Å². The Hall–Kier alpha value is -1.42. The van der Waals surface area contributed by atoms with Crippen molar-refractivity contribution in [3.05, 3.63) is 34.8 Å². The van der Waals surface area contributed by atoms with Crippen LogP contribution in [-0.4, -0.2) is 19.5 Å². The first-order chi connectivity index (χ1) is 9.17. The summed E-state index contributed by atoms with van der Waals surface area (Å²) in [5.41, 5.74) is 0.900. The number of aromatic nitrogens is 4. The summed E-state index contributed by atoms with van der Waals surface area (Å²) in [7, 11) is 0. The van der Waals surface area contributed by atoms with E-state index in [9.17, 15) is 0 Å². The molecule has 2 aromatic rings. The third-order valence-corrected chi connectivity index (χ3v) is 3.37. The molecule has 0 aliphatic rings. The Morgan fingerprint density at radius 1 is 1.16 bits per heavy atom. The molecule has 102 valence electrons. The second-order valence-electron chi connectivity index (χ2n) is 4.59. The average Bonchev–Trinajstić information content (AvgIpc) is 2.82. The monoisotopic (exact) mass is 278 g/mol. The Morgan fingerprint density at radius 3 is 2.58 bits per heavy atom. The van der Waals surface area contributed by atoms with Crippen molar-refractivity contribution < 1.29 is 0 Å². The molecular formula is C14H19ClN4. The molecule has 0 atom stereocenters. The van der Waals surface area contributed by atoms with Crippen LogP contribution >= 0.6 is 11.6 Å². The van der Waals surface area contributed by atoms with Gasteiger partial charge in [-0.15, -0.1) is 0 Å². The molecule has 4 nitrogen and oxygen atoms in total. The van der Waals surface area contributed by atoms with Gasteiger partial charge in [0, 0.05) is 30.8 Å². The molecule has 0 bridgehead atoms. The van der Waals surface area contributed by atoms with Crippen LogP contribution in [0.15, 0.2) is 12.4 Å². The minimum atomic E-state index is 0.532. The van der Waals surface area contributed by atoms with Gasteiger partial charge in [0.15, 0.2) is 0 Å². The van der Waals surface area contributed by atoms with Gasteiger partial charge in [0.25, 0.3) is 0 Å². The Kier molecular flexibility index (Phi) is 4.53. The van der Waals surface area contributed by atoms with E-state index in [-0.39, 0.29) is 0 Å². The van der Waals surface area contributed by atoms with E-state index >= 15 is 0 Å². The molecule has 0 radical (unpaired) electrons. The smallest absolute Gasteiger partial charge is 0.146 e. The van der Waals surface area contributed by atoms with Crippen molar-refractivity contribution >= 4 is 11.6 Å². The number of rotatable bonds is 5. The van der Waals surface area contributed by atoms with Crippen LogP contribution in [0.4, 0.5) is 0 Å². The molecular weight excluding hydrogens is 260 g/mol. The van der Waals surface area contributed by atoms with Gasteiger partial charge >= 0.3 is 0 Å². The van der Waals surface area contributed by atoms with E-state index in [0.717, 1.165) is 48.7 Å². The summed E-state index contributed by atoms with van der Waals surface area (Å²) in [6.45, 7) is 6.20. The predicted molar refractivity (Wildman–Crippen MR) is 76.9 cm³/mol. The molecule has 0 aliphatic heterocycles. The summed E-state index contributed by atoms with van der Waals surface area (Å²) in [5.74, 6) is 2.66. The van der Waals surface area contributed by atoms with Crippen molar-refractivity contribution in [2.75, 3.05) is 0 Å². The lowest BCUT2D eigenvalue weighted by Crippen LogP contribution is -2.09. The Labute approximate surface area is 118 Å². The zero-order valence-corrected chi connectivity index (χ0v) is 12.4. The van der Waals surface area contributed by atoms with Gasteiger partial charge < -0.3 is 0 Å². The second kappa shape index (κ2) is 6.15. The average molecular weight is 279 g/mol. The molecule has 0 saturated heterocycles. The first kappa shape index (κ1) is 14.0. The van der Waals surface area contributed by atoms with Crippen LogP contribution in [0, 0.1) is 6.92 Å². The summed E-state index contributed by atoms with van der Waals surface area (Å²) in [6.07, 6.45) is 7.57. The lowest BCUT2D eigenvalue weighted by molar-refractivity contribution is 0.769. The first-order valence-corrected chi connectivity index (χ1v) is 7.10. The SMILES string of the molecule is CCCc1nc(Cl)c(C)c(-n2ccnc2CCC)n1. The van der Waals surface area contributed by atoms with Crippen LogP contribution in [0.25, 0.3) is 5.82 Å². The van der Waals surface area contributed by atoms with Crippen molar-refractivity contribution in [2.45, 2.75) is 46.5 Å². The summed E-state index contributed by atoms with van der Waals surface area (Å²) < 4.78 is 2.02. The number of halogens is 1. The minimum Gasteiger partial charge on any atom is -0.288 e. The van der Waals surface area contributed by atoms with E-state index in [2.05, 4.69) is 28.8 Å². The predicted octanol–water partition coefficient (Wildman–Crippen LogP) is 3.53. The Bertz CT molecular complexity index is 563. The van der Waals surface area contributed by atoms with E-state index < -0.39 is 0 Å². The summed E-state index contributed by atoms with van der Waals surface area (Å²) in [6, 6.07) is 0. The highest BCUT2D eigenvalue weighted by atomic mass is 35.5. The minimum absolute atomic E-state index is 0.532. The van der Waals surface area contributed by atoms with Gasteiger partial charge in [0.2, 0.25) is 0 Å². The van der Waals surface area contributed by atoms with Crippen LogP contribution < -0.4 is 0 Å². The van der Waals surface area contributed by atoms with Crippen molar-refractivity contribution in [1.29, 1.82) is 0 Å². The highest BCUT2D eigenvalue weighted by Gasteiger charge is 2.13. The van der Waals surface area contributed by atoms with E-state index in [0.29, 0.717) is 5.15 Å². The largest absolute Gasteiger partial charge is 0.288 e. The van der Waals surface area contributed by atoms with Crippen LogP contribution in [0.2, 0.25) is 5.15 Å². The van der Waals surface area contributed by atoms with Crippen LogP contribution in [0.1, 0.15) is 43.9 Å². The topological polar surface area (TPSA) is 43.6 Å². The maximum absolute atomic E-state index is 6.22. The van der Waals surface area contributed by atoms with Gasteiger partial charge in [-0.25, -0.2) is 15.0 Å². The van der Waals surface area contributed by atoms with E-state index in [1.54, 1.807) is 6.20 Å². The molecule has 0 saturated carbocycles. The normalized spacial score (nSPS) is 10.9. The van der Waals surface area contributed by atoms with Gasteiger partial charge in [-0.05, 0) is 19.8 Å². The molecule has 0 spiro atoms. The fourth-order valence-corrected chi connectivity index (χ4v) is 2.21. The van der Waals surface area contributed by atoms with Crippen LogP contribution in [-0.2, 0) is 12.8 Å². The molecule has 19 heavy (non-hydrogen) atoms. The Morgan fingerprint density at radius 2 is 1.89 bits per heavy atom. The van der Waals surface area contributed by atoms with Gasteiger partial charge in [0.1, 0.15) is 22.6 Å². The van der Waals surface area contributed by atoms with Gasteiger partial charge in [-0.2, -0.15) is 0 Å². The molecule has 2 heterocycles. The lowest BCUT2D eigenvalue weighted by Gasteiger charge is -2.12. The van der Waals surface area contributed by atoms with Gasteiger partial charge in [-0.1, -0.05) is 25.4 Å². The summed E-state index contributed by atoms with van der Waals surface area (Å²) in [4.78, 5) is 13.4. The lowest BCUT2D eigenvalue weighted by atomic mass is 10.2. The molecule has 0 amide bonds. The van der Waals surface area contributed by atoms with Crippen molar-refractivity contribution in [3.8, 4) is 5.82 Å². The first-order valence-electron chi connectivity index (χ1n) is 6.73. The fourth-order valence-electron chi connectivity index (χ4n) is 2.03. The number of aryl methyl sites for hydroxylation is 2.